The van der Waals surface area contributed by atoms with Crippen molar-refractivity contribution < 1.29 is 8.42 Å². The number of benzene rings is 2. The van der Waals surface area contributed by atoms with E-state index in [0.29, 0.717) is 4.90 Å². The van der Waals surface area contributed by atoms with Gasteiger partial charge in [0.1, 0.15) is 0 Å². The van der Waals surface area contributed by atoms with Gasteiger partial charge in [0.05, 0.1) is 16.8 Å². The summed E-state index contributed by atoms with van der Waals surface area (Å²) in [7, 11) is -1.03. The Bertz CT molecular complexity index is 903. The summed E-state index contributed by atoms with van der Waals surface area (Å²) >= 11 is 0. The largest absolute Gasteiger partial charge is 0.374 e. The van der Waals surface area contributed by atoms with E-state index in [-0.39, 0.29) is 0 Å². The van der Waals surface area contributed by atoms with E-state index in [4.69, 9.17) is 0 Å². The zero-order valence-electron chi connectivity index (χ0n) is 14.8. The number of hydrogen-bond donors (Lipinski definition) is 1. The van der Waals surface area contributed by atoms with Gasteiger partial charge in [0.2, 0.25) is 0 Å². The van der Waals surface area contributed by atoms with E-state index in [2.05, 4.69) is 41.5 Å². The normalized spacial score (nSPS) is 14.6. The maximum atomic E-state index is 11.5. The number of aryl methyl sites for hydroxylation is 2. The Labute approximate surface area is 149 Å². The monoisotopic (exact) mass is 357 g/mol. The highest BCUT2D eigenvalue weighted by Crippen LogP contribution is 2.30. The van der Waals surface area contributed by atoms with Crippen LogP contribution in [-0.2, 0) is 16.3 Å². The average Bonchev–Trinajstić information content (AvgIpc) is 2.54. The minimum Gasteiger partial charge on any atom is -0.374 e. The Morgan fingerprint density at radius 1 is 1.20 bits per heavy atom. The molecule has 0 unspecified atom stereocenters. The molecular weight excluding hydrogens is 334 g/mol. The van der Waals surface area contributed by atoms with Crippen molar-refractivity contribution >= 4 is 27.4 Å². The Kier molecular flexibility index (Phi) is 4.81. The summed E-state index contributed by atoms with van der Waals surface area (Å²) in [5.74, 6) is 0. The molecule has 0 amide bonds. The maximum absolute atomic E-state index is 11.5. The lowest BCUT2D eigenvalue weighted by atomic mass is 9.96. The van der Waals surface area contributed by atoms with Crippen molar-refractivity contribution in [1.29, 1.82) is 0 Å². The third-order valence-corrected chi connectivity index (χ3v) is 5.54. The average molecular weight is 357 g/mol. The zero-order chi connectivity index (χ0) is 18.0. The molecule has 0 fully saturated rings. The molecule has 0 bridgehead atoms. The van der Waals surface area contributed by atoms with Crippen LogP contribution in [0.15, 0.2) is 46.4 Å². The third-order valence-electron chi connectivity index (χ3n) is 4.41. The summed E-state index contributed by atoms with van der Waals surface area (Å²) in [5.41, 5.74) is 8.73. The number of rotatable bonds is 4. The highest BCUT2D eigenvalue weighted by Gasteiger charge is 2.16. The highest BCUT2D eigenvalue weighted by molar-refractivity contribution is 7.90. The first-order valence-corrected chi connectivity index (χ1v) is 10.2. The number of nitrogens with zero attached hydrogens (tertiary/aromatic N) is 2. The van der Waals surface area contributed by atoms with Crippen molar-refractivity contribution in [2.75, 3.05) is 30.2 Å². The molecule has 2 aromatic rings. The number of sulfone groups is 1. The topological polar surface area (TPSA) is 61.8 Å². The summed E-state index contributed by atoms with van der Waals surface area (Å²) < 4.78 is 22.9. The van der Waals surface area contributed by atoms with Crippen LogP contribution in [0.25, 0.3) is 0 Å². The number of nitrogens with one attached hydrogen (secondary N) is 1. The molecule has 0 aromatic heterocycles. The molecule has 5 nitrogen and oxygen atoms in total. The van der Waals surface area contributed by atoms with Gasteiger partial charge in [-0.1, -0.05) is 0 Å². The molecule has 0 radical (unpaired) electrons. The van der Waals surface area contributed by atoms with E-state index >= 15 is 0 Å². The second kappa shape index (κ2) is 6.88. The predicted molar refractivity (Wildman–Crippen MR) is 104 cm³/mol. The van der Waals surface area contributed by atoms with Crippen molar-refractivity contribution in [2.24, 2.45) is 5.10 Å². The van der Waals surface area contributed by atoms with Gasteiger partial charge in [-0.2, -0.15) is 5.10 Å². The number of fused-ring (bicyclic) bond motifs is 1. The van der Waals surface area contributed by atoms with Crippen LogP contribution in [0.3, 0.4) is 0 Å². The molecule has 0 saturated carbocycles. The molecule has 0 atom stereocenters. The van der Waals surface area contributed by atoms with Gasteiger partial charge in [-0.25, -0.2) is 8.42 Å². The van der Waals surface area contributed by atoms with Crippen molar-refractivity contribution in [3.63, 3.8) is 0 Å². The van der Waals surface area contributed by atoms with Gasteiger partial charge in [0, 0.05) is 25.5 Å². The standard InChI is InChI=1S/C19H23N3O2S/c1-14-11-15(12-16-5-4-10-22(2)19(14)16)13-20-21-17-6-8-18(9-7-17)25(3,23)24/h6-9,11-13,21H,4-5,10H2,1-3H3/b20-13+. The van der Waals surface area contributed by atoms with E-state index < -0.39 is 9.84 Å². The summed E-state index contributed by atoms with van der Waals surface area (Å²) in [6.45, 7) is 3.24. The Morgan fingerprint density at radius 2 is 1.92 bits per heavy atom. The fraction of sp³-hybridized carbons (Fsp3) is 0.316. The van der Waals surface area contributed by atoms with Crippen molar-refractivity contribution in [1.82, 2.24) is 0 Å². The quantitative estimate of drug-likeness (QED) is 0.674. The van der Waals surface area contributed by atoms with Gasteiger partial charge in [0.15, 0.2) is 9.84 Å². The summed E-state index contributed by atoms with van der Waals surface area (Å²) in [6, 6.07) is 10.9. The lowest BCUT2D eigenvalue weighted by Gasteiger charge is -2.29. The van der Waals surface area contributed by atoms with Crippen LogP contribution >= 0.6 is 0 Å². The molecule has 1 aliphatic heterocycles. The number of anilines is 2. The zero-order valence-corrected chi connectivity index (χ0v) is 15.6. The highest BCUT2D eigenvalue weighted by atomic mass is 32.2. The predicted octanol–water partition coefficient (Wildman–Crippen LogP) is 3.23. The molecule has 3 rings (SSSR count). The lowest BCUT2D eigenvalue weighted by Crippen LogP contribution is -2.25. The second-order valence-corrected chi connectivity index (χ2v) is 8.55. The van der Waals surface area contributed by atoms with Crippen LogP contribution in [-0.4, -0.2) is 34.5 Å². The van der Waals surface area contributed by atoms with Crippen LogP contribution < -0.4 is 10.3 Å². The minimum atomic E-state index is -3.17. The third kappa shape index (κ3) is 4.02. The van der Waals surface area contributed by atoms with Crippen LogP contribution in [0.5, 0.6) is 0 Å². The Morgan fingerprint density at radius 3 is 2.60 bits per heavy atom. The summed E-state index contributed by atoms with van der Waals surface area (Å²) in [6.07, 6.45) is 5.27. The first-order valence-electron chi connectivity index (χ1n) is 8.28. The van der Waals surface area contributed by atoms with Gasteiger partial charge < -0.3 is 4.90 Å². The van der Waals surface area contributed by atoms with Gasteiger partial charge in [-0.05, 0) is 72.9 Å². The molecule has 0 saturated heterocycles. The molecule has 132 valence electrons. The van der Waals surface area contributed by atoms with Gasteiger partial charge >= 0.3 is 0 Å². The lowest BCUT2D eigenvalue weighted by molar-refractivity contribution is 0.602. The van der Waals surface area contributed by atoms with E-state index in [0.717, 1.165) is 24.2 Å². The molecule has 1 heterocycles. The molecule has 25 heavy (non-hydrogen) atoms. The Hall–Kier alpha value is -2.34. The summed E-state index contributed by atoms with van der Waals surface area (Å²) in [4.78, 5) is 2.62. The molecule has 2 aromatic carbocycles. The van der Waals surface area contributed by atoms with E-state index in [9.17, 15) is 8.42 Å². The smallest absolute Gasteiger partial charge is 0.175 e. The Balaban J connectivity index is 1.73. The van der Waals surface area contributed by atoms with Crippen LogP contribution in [0, 0.1) is 6.92 Å². The summed E-state index contributed by atoms with van der Waals surface area (Å²) in [5, 5.41) is 4.27. The van der Waals surface area contributed by atoms with E-state index in [1.54, 1.807) is 30.5 Å². The minimum absolute atomic E-state index is 0.302. The van der Waals surface area contributed by atoms with Gasteiger partial charge in [0.25, 0.3) is 0 Å². The van der Waals surface area contributed by atoms with Crippen molar-refractivity contribution in [2.45, 2.75) is 24.7 Å². The molecule has 6 heteroatoms. The number of hydrazone groups is 1. The first-order chi connectivity index (χ1) is 11.8. The van der Waals surface area contributed by atoms with Gasteiger partial charge in [-0.3, -0.25) is 5.43 Å². The molecule has 0 spiro atoms. The van der Waals surface area contributed by atoms with Crippen LogP contribution in [0.2, 0.25) is 0 Å². The molecule has 1 N–H and O–H groups in total. The van der Waals surface area contributed by atoms with Gasteiger partial charge in [-0.15, -0.1) is 0 Å². The SMILES string of the molecule is Cc1cc(/C=N/Nc2ccc(S(C)(=O)=O)cc2)cc2c1N(C)CCC2. The second-order valence-electron chi connectivity index (χ2n) is 6.54. The maximum Gasteiger partial charge on any atom is 0.175 e. The molecular formula is C19H23N3O2S. The molecule has 0 aliphatic carbocycles. The number of hydrogen-bond acceptors (Lipinski definition) is 5. The van der Waals surface area contributed by atoms with Crippen LogP contribution in [0.1, 0.15) is 23.1 Å². The van der Waals surface area contributed by atoms with Crippen LogP contribution in [0.4, 0.5) is 11.4 Å². The van der Waals surface area contributed by atoms with E-state index in [1.807, 2.05) is 0 Å². The van der Waals surface area contributed by atoms with Crippen molar-refractivity contribution in [3.8, 4) is 0 Å². The fourth-order valence-corrected chi connectivity index (χ4v) is 3.90. The molecule has 1 aliphatic rings. The fourth-order valence-electron chi connectivity index (χ4n) is 3.27. The van der Waals surface area contributed by atoms with E-state index in [1.165, 1.54) is 29.5 Å². The first kappa shape index (κ1) is 17.5. The van der Waals surface area contributed by atoms with Crippen molar-refractivity contribution in [3.05, 3.63) is 53.1 Å².